The highest BCUT2D eigenvalue weighted by atomic mass is 15.1. The monoisotopic (exact) mass is 240 g/mol. The van der Waals surface area contributed by atoms with Gasteiger partial charge in [0, 0.05) is 30.8 Å². The average Bonchev–Trinajstić information content (AvgIpc) is 2.78. The fourth-order valence-electron chi connectivity index (χ4n) is 2.36. The van der Waals surface area contributed by atoms with Crippen LogP contribution in [0, 0.1) is 0 Å². The van der Waals surface area contributed by atoms with Crippen molar-refractivity contribution in [2.75, 3.05) is 7.05 Å². The second-order valence-corrected chi connectivity index (χ2v) is 4.66. The predicted octanol–water partition coefficient (Wildman–Crippen LogP) is 1.55. The molecule has 18 heavy (non-hydrogen) atoms. The van der Waals surface area contributed by atoms with Crippen LogP contribution in [0.15, 0.2) is 30.3 Å². The lowest BCUT2D eigenvalue weighted by molar-refractivity contribution is 0.350. The molecule has 3 rings (SSSR count). The Balaban J connectivity index is 2.11. The lowest BCUT2D eigenvalue weighted by atomic mass is 10.1. The minimum Gasteiger partial charge on any atom is -0.325 e. The second kappa shape index (κ2) is 4.48. The first kappa shape index (κ1) is 11.3. The molecular weight excluding hydrogens is 224 g/mol. The summed E-state index contributed by atoms with van der Waals surface area (Å²) < 4.78 is 0. The number of fused-ring (bicyclic) bond motifs is 1. The molecule has 0 atom stereocenters. The van der Waals surface area contributed by atoms with Crippen LogP contribution in [-0.4, -0.2) is 21.9 Å². The van der Waals surface area contributed by atoms with Crippen molar-refractivity contribution >= 4 is 0 Å². The highest BCUT2D eigenvalue weighted by molar-refractivity contribution is 5.55. The molecule has 0 bridgehead atoms. The fourth-order valence-corrected chi connectivity index (χ4v) is 2.36. The van der Waals surface area contributed by atoms with Crippen LogP contribution in [0.1, 0.15) is 17.0 Å². The zero-order chi connectivity index (χ0) is 12.5. The van der Waals surface area contributed by atoms with E-state index < -0.39 is 0 Å². The fraction of sp³-hybridized carbons (Fsp3) is 0.286. The Bertz CT molecular complexity index is 566. The molecule has 0 spiro atoms. The summed E-state index contributed by atoms with van der Waals surface area (Å²) in [5.41, 5.74) is 10.2. The maximum atomic E-state index is 5.81. The third-order valence-corrected chi connectivity index (χ3v) is 3.25. The van der Waals surface area contributed by atoms with E-state index >= 15 is 0 Å². The van der Waals surface area contributed by atoms with Crippen LogP contribution in [0.5, 0.6) is 0 Å². The maximum absolute atomic E-state index is 5.81. The Morgan fingerprint density at radius 3 is 2.67 bits per heavy atom. The van der Waals surface area contributed by atoms with Gasteiger partial charge in [-0.05, 0) is 7.05 Å². The predicted molar refractivity (Wildman–Crippen MR) is 70.5 cm³/mol. The Kier molecular flexibility index (Phi) is 2.81. The van der Waals surface area contributed by atoms with E-state index in [-0.39, 0.29) is 0 Å². The Labute approximate surface area is 106 Å². The van der Waals surface area contributed by atoms with E-state index in [2.05, 4.69) is 21.9 Å². The van der Waals surface area contributed by atoms with Gasteiger partial charge < -0.3 is 5.73 Å². The van der Waals surface area contributed by atoms with E-state index in [0.29, 0.717) is 6.54 Å². The first-order chi connectivity index (χ1) is 8.78. The summed E-state index contributed by atoms with van der Waals surface area (Å²) in [5.74, 6) is 0.783. The number of hydrogen-bond acceptors (Lipinski definition) is 4. The summed E-state index contributed by atoms with van der Waals surface area (Å²) in [6, 6.07) is 10.1. The first-order valence-electron chi connectivity index (χ1n) is 6.10. The molecule has 0 fully saturated rings. The van der Waals surface area contributed by atoms with Crippen molar-refractivity contribution in [1.82, 2.24) is 14.9 Å². The van der Waals surface area contributed by atoms with Crippen LogP contribution in [0.2, 0.25) is 0 Å². The van der Waals surface area contributed by atoms with Gasteiger partial charge in [0.2, 0.25) is 0 Å². The van der Waals surface area contributed by atoms with Gasteiger partial charge in [-0.25, -0.2) is 9.97 Å². The molecule has 1 aromatic heterocycles. The maximum Gasteiger partial charge on any atom is 0.159 e. The molecule has 1 aliphatic rings. The lowest BCUT2D eigenvalue weighted by Gasteiger charge is -2.07. The first-order valence-corrected chi connectivity index (χ1v) is 6.10. The van der Waals surface area contributed by atoms with Crippen LogP contribution >= 0.6 is 0 Å². The van der Waals surface area contributed by atoms with Crippen LogP contribution < -0.4 is 5.73 Å². The standard InChI is InChI=1S/C14H16N4/c1-18-8-11-12(7-15)16-14(17-13(11)9-18)10-5-3-2-4-6-10/h2-6H,7-9,15H2,1H3. The highest BCUT2D eigenvalue weighted by Gasteiger charge is 2.22. The lowest BCUT2D eigenvalue weighted by Crippen LogP contribution is -2.09. The van der Waals surface area contributed by atoms with E-state index in [9.17, 15) is 0 Å². The van der Waals surface area contributed by atoms with Gasteiger partial charge in [-0.2, -0.15) is 0 Å². The number of aromatic nitrogens is 2. The molecule has 0 saturated heterocycles. The van der Waals surface area contributed by atoms with E-state index in [1.165, 1.54) is 5.56 Å². The molecule has 2 aromatic rings. The topological polar surface area (TPSA) is 55.0 Å². The van der Waals surface area contributed by atoms with Crippen molar-refractivity contribution < 1.29 is 0 Å². The molecule has 0 unspecified atom stereocenters. The van der Waals surface area contributed by atoms with Gasteiger partial charge in [0.1, 0.15) is 0 Å². The third kappa shape index (κ3) is 1.89. The molecule has 0 radical (unpaired) electrons. The second-order valence-electron chi connectivity index (χ2n) is 4.66. The molecular formula is C14H16N4. The molecule has 1 aromatic carbocycles. The Morgan fingerprint density at radius 2 is 1.94 bits per heavy atom. The Morgan fingerprint density at radius 1 is 1.17 bits per heavy atom. The van der Waals surface area contributed by atoms with Gasteiger partial charge in [-0.3, -0.25) is 4.90 Å². The molecule has 0 aliphatic carbocycles. The highest BCUT2D eigenvalue weighted by Crippen LogP contribution is 2.25. The van der Waals surface area contributed by atoms with Gasteiger partial charge in [-0.1, -0.05) is 30.3 Å². The normalized spacial score (nSPS) is 14.8. The average molecular weight is 240 g/mol. The summed E-state index contributed by atoms with van der Waals surface area (Å²) in [4.78, 5) is 11.5. The summed E-state index contributed by atoms with van der Waals surface area (Å²) in [7, 11) is 2.09. The zero-order valence-electron chi connectivity index (χ0n) is 10.4. The summed E-state index contributed by atoms with van der Waals surface area (Å²) in [6.45, 7) is 2.25. The number of rotatable bonds is 2. The Hall–Kier alpha value is -1.78. The van der Waals surface area contributed by atoms with E-state index in [0.717, 1.165) is 35.9 Å². The van der Waals surface area contributed by atoms with Crippen molar-refractivity contribution in [1.29, 1.82) is 0 Å². The quantitative estimate of drug-likeness (QED) is 0.865. The van der Waals surface area contributed by atoms with E-state index in [4.69, 9.17) is 5.73 Å². The molecule has 4 heteroatoms. The van der Waals surface area contributed by atoms with Crippen molar-refractivity contribution in [3.63, 3.8) is 0 Å². The largest absolute Gasteiger partial charge is 0.325 e. The SMILES string of the molecule is CN1Cc2nc(-c3ccccc3)nc(CN)c2C1. The number of nitrogens with zero attached hydrogens (tertiary/aromatic N) is 3. The van der Waals surface area contributed by atoms with Gasteiger partial charge in [0.25, 0.3) is 0 Å². The molecule has 2 N–H and O–H groups in total. The number of nitrogens with two attached hydrogens (primary N) is 1. The molecule has 2 heterocycles. The van der Waals surface area contributed by atoms with Crippen LogP contribution in [-0.2, 0) is 19.6 Å². The van der Waals surface area contributed by atoms with Crippen molar-refractivity contribution in [2.24, 2.45) is 5.73 Å². The van der Waals surface area contributed by atoms with Crippen LogP contribution in [0.25, 0.3) is 11.4 Å². The minimum atomic E-state index is 0.471. The molecule has 92 valence electrons. The van der Waals surface area contributed by atoms with Gasteiger partial charge >= 0.3 is 0 Å². The van der Waals surface area contributed by atoms with Gasteiger partial charge in [0.05, 0.1) is 11.4 Å². The summed E-state index contributed by atoms with van der Waals surface area (Å²) >= 11 is 0. The van der Waals surface area contributed by atoms with Crippen molar-refractivity contribution in [2.45, 2.75) is 19.6 Å². The van der Waals surface area contributed by atoms with E-state index in [1.54, 1.807) is 0 Å². The molecule has 4 nitrogen and oxygen atoms in total. The van der Waals surface area contributed by atoms with Crippen LogP contribution in [0.4, 0.5) is 0 Å². The molecule has 0 saturated carbocycles. The van der Waals surface area contributed by atoms with Gasteiger partial charge in [-0.15, -0.1) is 0 Å². The third-order valence-electron chi connectivity index (χ3n) is 3.25. The van der Waals surface area contributed by atoms with E-state index in [1.807, 2.05) is 30.3 Å². The van der Waals surface area contributed by atoms with Gasteiger partial charge in [0.15, 0.2) is 5.82 Å². The van der Waals surface area contributed by atoms with Crippen molar-refractivity contribution in [3.05, 3.63) is 47.3 Å². The van der Waals surface area contributed by atoms with Crippen molar-refractivity contribution in [3.8, 4) is 11.4 Å². The number of benzene rings is 1. The molecule has 1 aliphatic heterocycles. The smallest absolute Gasteiger partial charge is 0.159 e. The molecule has 0 amide bonds. The zero-order valence-corrected chi connectivity index (χ0v) is 10.4. The number of hydrogen-bond donors (Lipinski definition) is 1. The summed E-state index contributed by atoms with van der Waals surface area (Å²) in [5, 5.41) is 0. The van der Waals surface area contributed by atoms with Crippen LogP contribution in [0.3, 0.4) is 0 Å². The summed E-state index contributed by atoms with van der Waals surface area (Å²) in [6.07, 6.45) is 0. The minimum absolute atomic E-state index is 0.471.